The van der Waals surface area contributed by atoms with Gasteiger partial charge in [-0.3, -0.25) is 14.5 Å². The minimum Gasteiger partial charge on any atom is -0.464 e. The van der Waals surface area contributed by atoms with Crippen molar-refractivity contribution in [1.82, 2.24) is 4.90 Å². The number of rotatable bonds is 4. The van der Waals surface area contributed by atoms with E-state index in [0.29, 0.717) is 44.6 Å². The van der Waals surface area contributed by atoms with Gasteiger partial charge >= 0.3 is 5.97 Å². The van der Waals surface area contributed by atoms with E-state index in [2.05, 4.69) is 10.2 Å². The predicted molar refractivity (Wildman–Crippen MR) is 90.1 cm³/mol. The molecule has 25 heavy (non-hydrogen) atoms. The molecule has 0 aliphatic carbocycles. The number of carbonyl (C=O) groups is 2. The van der Waals surface area contributed by atoms with Crippen molar-refractivity contribution in [1.29, 1.82) is 0 Å². The van der Waals surface area contributed by atoms with Crippen molar-refractivity contribution in [2.75, 3.05) is 25.0 Å². The molecule has 2 saturated heterocycles. The molecule has 136 valence electrons. The molecule has 8 nitrogen and oxygen atoms in total. The first-order valence-electron chi connectivity index (χ1n) is 8.19. The van der Waals surface area contributed by atoms with Crippen LogP contribution in [0.25, 0.3) is 0 Å². The molecule has 0 radical (unpaired) electrons. The quantitative estimate of drug-likeness (QED) is 0.739. The Morgan fingerprint density at radius 2 is 1.80 bits per heavy atom. The Bertz CT molecular complexity index is 754. The molecule has 0 spiro atoms. The van der Waals surface area contributed by atoms with E-state index in [0.717, 1.165) is 0 Å². The average molecular weight is 367 g/mol. The Morgan fingerprint density at radius 3 is 2.32 bits per heavy atom. The van der Waals surface area contributed by atoms with E-state index in [1.54, 1.807) is 0 Å². The Kier molecular flexibility index (Phi) is 5.07. The second-order valence-electron chi connectivity index (χ2n) is 6.34. The number of sulfonamides is 1. The summed E-state index contributed by atoms with van der Waals surface area (Å²) >= 11 is 0. The van der Waals surface area contributed by atoms with Gasteiger partial charge in [-0.15, -0.1) is 0 Å². The molecule has 1 amide bonds. The molecule has 3 rings (SSSR count). The summed E-state index contributed by atoms with van der Waals surface area (Å²) in [5.74, 6) is -0.401. The number of ether oxygens (including phenoxy) is 1. The van der Waals surface area contributed by atoms with Gasteiger partial charge in [0.25, 0.3) is 0 Å². The summed E-state index contributed by atoms with van der Waals surface area (Å²) in [5, 5.41) is 7.85. The molecule has 2 heterocycles. The Morgan fingerprint density at radius 1 is 1.16 bits per heavy atom. The average Bonchev–Trinajstić information content (AvgIpc) is 3.01. The van der Waals surface area contributed by atoms with E-state index in [4.69, 9.17) is 9.88 Å². The van der Waals surface area contributed by atoms with Crippen molar-refractivity contribution in [3.8, 4) is 0 Å². The highest BCUT2D eigenvalue weighted by molar-refractivity contribution is 7.89. The summed E-state index contributed by atoms with van der Waals surface area (Å²) in [6, 6.07) is 5.58. The molecular formula is C16H21N3O5S. The number of likely N-dealkylation sites (tertiary alicyclic amines) is 1. The zero-order valence-corrected chi connectivity index (χ0v) is 14.5. The van der Waals surface area contributed by atoms with Gasteiger partial charge in [-0.1, -0.05) is 0 Å². The maximum Gasteiger partial charge on any atom is 0.323 e. The van der Waals surface area contributed by atoms with E-state index in [9.17, 15) is 18.0 Å². The van der Waals surface area contributed by atoms with Crippen molar-refractivity contribution in [3.63, 3.8) is 0 Å². The molecule has 9 heteroatoms. The smallest absolute Gasteiger partial charge is 0.323 e. The van der Waals surface area contributed by atoms with E-state index in [-0.39, 0.29) is 28.7 Å². The number of nitrogens with one attached hydrogen (secondary N) is 1. The van der Waals surface area contributed by atoms with Crippen LogP contribution in [0.15, 0.2) is 29.2 Å². The van der Waals surface area contributed by atoms with Crippen LogP contribution in [0.1, 0.15) is 19.3 Å². The first-order valence-corrected chi connectivity index (χ1v) is 9.73. The Labute approximate surface area is 146 Å². The van der Waals surface area contributed by atoms with Gasteiger partial charge in [0, 0.05) is 18.0 Å². The van der Waals surface area contributed by atoms with Crippen molar-refractivity contribution in [2.45, 2.75) is 30.2 Å². The molecule has 1 atom stereocenters. The lowest BCUT2D eigenvalue weighted by molar-refractivity contribution is -0.142. The fourth-order valence-electron chi connectivity index (χ4n) is 3.26. The normalized spacial score (nSPS) is 22.6. The zero-order valence-electron chi connectivity index (χ0n) is 13.7. The number of hydrogen-bond donors (Lipinski definition) is 2. The van der Waals surface area contributed by atoms with Gasteiger partial charge in [0.2, 0.25) is 15.9 Å². The number of hydrogen-bond acceptors (Lipinski definition) is 6. The minimum atomic E-state index is -3.74. The number of nitrogens with two attached hydrogens (primary N) is 1. The number of carbonyl (C=O) groups excluding carboxylic acids is 2. The van der Waals surface area contributed by atoms with Crippen LogP contribution in [-0.2, 0) is 24.3 Å². The monoisotopic (exact) mass is 367 g/mol. The summed E-state index contributed by atoms with van der Waals surface area (Å²) < 4.78 is 27.5. The van der Waals surface area contributed by atoms with Crippen molar-refractivity contribution in [3.05, 3.63) is 24.3 Å². The molecule has 2 fully saturated rings. The maximum atomic E-state index is 12.4. The van der Waals surface area contributed by atoms with Crippen LogP contribution in [0.2, 0.25) is 0 Å². The number of piperidine rings is 1. The molecule has 0 saturated carbocycles. The topological polar surface area (TPSA) is 119 Å². The fourth-order valence-corrected chi connectivity index (χ4v) is 3.78. The van der Waals surface area contributed by atoms with Gasteiger partial charge in [0.15, 0.2) is 0 Å². The van der Waals surface area contributed by atoms with Crippen molar-refractivity contribution >= 4 is 27.6 Å². The standard InChI is InChI=1S/C16H21N3O5S/c17-25(22,23)13-3-1-12(2-4-13)18-15(20)11-5-8-19(9-6-11)14-7-10-24-16(14)21/h1-4,11,14H,5-10H2,(H,18,20)(H2,17,22,23)/t14-/m1/s1. The highest BCUT2D eigenvalue weighted by Gasteiger charge is 2.35. The lowest BCUT2D eigenvalue weighted by Crippen LogP contribution is -2.45. The van der Waals surface area contributed by atoms with E-state index in [1.165, 1.54) is 24.3 Å². The van der Waals surface area contributed by atoms with Crippen LogP contribution in [0.4, 0.5) is 5.69 Å². The van der Waals surface area contributed by atoms with Crippen molar-refractivity contribution < 1.29 is 22.7 Å². The molecule has 3 N–H and O–H groups in total. The first kappa shape index (κ1) is 17.8. The van der Waals surface area contributed by atoms with Gasteiger partial charge in [-0.25, -0.2) is 13.6 Å². The van der Waals surface area contributed by atoms with Crippen LogP contribution in [-0.4, -0.2) is 50.9 Å². The summed E-state index contributed by atoms with van der Waals surface area (Å²) in [6.07, 6.45) is 2.06. The molecule has 1 aromatic carbocycles. The zero-order chi connectivity index (χ0) is 18.0. The molecular weight excluding hydrogens is 346 g/mol. The van der Waals surface area contributed by atoms with Crippen molar-refractivity contribution in [2.24, 2.45) is 11.1 Å². The summed E-state index contributed by atoms with van der Waals surface area (Å²) in [7, 11) is -3.74. The van der Waals surface area contributed by atoms with Crippen LogP contribution in [0.5, 0.6) is 0 Å². The second-order valence-corrected chi connectivity index (χ2v) is 7.90. The van der Waals surface area contributed by atoms with Crippen LogP contribution in [0.3, 0.4) is 0 Å². The van der Waals surface area contributed by atoms with Crippen LogP contribution >= 0.6 is 0 Å². The van der Waals surface area contributed by atoms with Gasteiger partial charge < -0.3 is 10.1 Å². The van der Waals surface area contributed by atoms with Crippen LogP contribution < -0.4 is 10.5 Å². The lowest BCUT2D eigenvalue weighted by atomic mass is 9.94. The van der Waals surface area contributed by atoms with Crippen LogP contribution in [0, 0.1) is 5.92 Å². The van der Waals surface area contributed by atoms with Gasteiger partial charge in [-0.05, 0) is 50.2 Å². The van der Waals surface area contributed by atoms with E-state index in [1.807, 2.05) is 0 Å². The highest BCUT2D eigenvalue weighted by atomic mass is 32.2. The molecule has 0 unspecified atom stereocenters. The third-order valence-corrected chi connectivity index (χ3v) is 5.63. The highest BCUT2D eigenvalue weighted by Crippen LogP contribution is 2.24. The predicted octanol–water partition coefficient (Wildman–Crippen LogP) is 0.300. The molecule has 2 aliphatic heterocycles. The molecule has 1 aromatic rings. The van der Waals surface area contributed by atoms with E-state index >= 15 is 0 Å². The Hall–Kier alpha value is -1.97. The number of nitrogens with zero attached hydrogens (tertiary/aromatic N) is 1. The number of benzene rings is 1. The van der Waals surface area contributed by atoms with Gasteiger partial charge in [-0.2, -0.15) is 0 Å². The van der Waals surface area contributed by atoms with E-state index < -0.39 is 10.0 Å². The minimum absolute atomic E-state index is 0.00209. The summed E-state index contributed by atoms with van der Waals surface area (Å²) in [4.78, 5) is 26.1. The third kappa shape index (κ3) is 4.17. The number of esters is 1. The number of primary sulfonamides is 1. The first-order chi connectivity index (χ1) is 11.8. The maximum absolute atomic E-state index is 12.4. The Balaban J connectivity index is 1.53. The SMILES string of the molecule is NS(=O)(=O)c1ccc(NC(=O)C2CCN([C@@H]3CCOC3=O)CC2)cc1. The fraction of sp³-hybridized carbons (Fsp3) is 0.500. The third-order valence-electron chi connectivity index (χ3n) is 4.70. The van der Waals surface area contributed by atoms with Gasteiger partial charge in [0.1, 0.15) is 6.04 Å². The summed E-state index contributed by atoms with van der Waals surface area (Å²) in [5.41, 5.74) is 0.527. The summed E-state index contributed by atoms with van der Waals surface area (Å²) in [6.45, 7) is 1.84. The molecule has 0 bridgehead atoms. The van der Waals surface area contributed by atoms with Gasteiger partial charge in [0.05, 0.1) is 11.5 Å². The number of anilines is 1. The largest absolute Gasteiger partial charge is 0.464 e. The molecule has 0 aromatic heterocycles. The molecule has 2 aliphatic rings. The number of amides is 1. The lowest BCUT2D eigenvalue weighted by Gasteiger charge is -2.33. The second kappa shape index (κ2) is 7.11. The number of cyclic esters (lactones) is 1.